The van der Waals surface area contributed by atoms with Gasteiger partial charge in [-0.2, -0.15) is 4.98 Å². The second kappa shape index (κ2) is 8.70. The Bertz CT molecular complexity index is 1270. The molecule has 2 aromatic carbocycles. The van der Waals surface area contributed by atoms with E-state index in [1.165, 1.54) is 12.3 Å². The third kappa shape index (κ3) is 5.55. The molecular weight excluding hydrogens is 456 g/mol. The van der Waals surface area contributed by atoms with Crippen molar-refractivity contribution in [3.63, 3.8) is 0 Å². The number of halogens is 3. The maximum atomic E-state index is 14.2. The van der Waals surface area contributed by atoms with Gasteiger partial charge in [0.2, 0.25) is 16.0 Å². The SMILES string of the molecule is CS(=O)(=O)Nc1ccccc1Nc1nc(Nc2cc(F)c(C(=O)O)cc2F)ncc1Cl. The van der Waals surface area contributed by atoms with Crippen molar-refractivity contribution in [2.75, 3.05) is 21.6 Å². The number of carboxylic acid groups (broad SMARTS) is 1. The molecule has 0 saturated carbocycles. The lowest BCUT2D eigenvalue weighted by Crippen LogP contribution is -2.11. The van der Waals surface area contributed by atoms with Crippen LogP contribution >= 0.6 is 11.6 Å². The highest BCUT2D eigenvalue weighted by molar-refractivity contribution is 7.92. The minimum absolute atomic E-state index is 0.0463. The van der Waals surface area contributed by atoms with E-state index in [1.807, 2.05) is 0 Å². The Hall–Kier alpha value is -3.51. The molecule has 1 aromatic heterocycles. The number of nitrogens with one attached hydrogen (secondary N) is 3. The number of sulfonamides is 1. The van der Waals surface area contributed by atoms with Gasteiger partial charge in [-0.3, -0.25) is 4.72 Å². The van der Waals surface area contributed by atoms with Crippen molar-refractivity contribution in [2.24, 2.45) is 0 Å². The number of aromatic nitrogens is 2. The zero-order chi connectivity index (χ0) is 22.8. The van der Waals surface area contributed by atoms with Gasteiger partial charge in [0.15, 0.2) is 5.82 Å². The molecule has 13 heteroatoms. The molecule has 162 valence electrons. The smallest absolute Gasteiger partial charge is 0.338 e. The summed E-state index contributed by atoms with van der Waals surface area (Å²) in [7, 11) is -3.56. The van der Waals surface area contributed by atoms with Gasteiger partial charge in [0.25, 0.3) is 0 Å². The summed E-state index contributed by atoms with van der Waals surface area (Å²) in [5.41, 5.74) is -0.665. The quantitative estimate of drug-likeness (QED) is 0.408. The van der Waals surface area contributed by atoms with E-state index in [-0.39, 0.29) is 22.5 Å². The van der Waals surface area contributed by atoms with Gasteiger partial charge in [0, 0.05) is 6.07 Å². The molecule has 0 aliphatic heterocycles. The van der Waals surface area contributed by atoms with E-state index in [4.69, 9.17) is 16.7 Å². The standard InChI is InChI=1S/C18H14ClF2N5O4S/c1-31(29,30)26-14-5-3-2-4-13(14)23-16-10(19)8-22-18(25-16)24-15-7-11(20)9(17(27)28)6-12(15)21/h2-8,26H,1H3,(H,27,28)(H2,22,23,24,25). The molecule has 0 amide bonds. The minimum atomic E-state index is -3.56. The highest BCUT2D eigenvalue weighted by atomic mass is 35.5. The van der Waals surface area contributed by atoms with Gasteiger partial charge >= 0.3 is 5.97 Å². The van der Waals surface area contributed by atoms with Crippen molar-refractivity contribution in [3.8, 4) is 0 Å². The van der Waals surface area contributed by atoms with Gasteiger partial charge in [0.1, 0.15) is 16.7 Å². The van der Waals surface area contributed by atoms with E-state index in [1.54, 1.807) is 18.2 Å². The highest BCUT2D eigenvalue weighted by Crippen LogP contribution is 2.30. The maximum Gasteiger partial charge on any atom is 0.338 e. The molecule has 0 radical (unpaired) electrons. The highest BCUT2D eigenvalue weighted by Gasteiger charge is 2.17. The van der Waals surface area contributed by atoms with Crippen molar-refractivity contribution >= 4 is 56.4 Å². The first-order valence-electron chi connectivity index (χ1n) is 8.39. The molecule has 31 heavy (non-hydrogen) atoms. The number of aromatic carboxylic acids is 1. The van der Waals surface area contributed by atoms with Gasteiger partial charge in [-0.1, -0.05) is 23.7 Å². The number of para-hydroxylation sites is 2. The van der Waals surface area contributed by atoms with Gasteiger partial charge < -0.3 is 15.7 Å². The average Bonchev–Trinajstić information content (AvgIpc) is 2.67. The van der Waals surface area contributed by atoms with Crippen molar-refractivity contribution < 1.29 is 27.1 Å². The first-order chi connectivity index (χ1) is 14.5. The van der Waals surface area contributed by atoms with Crippen LogP contribution in [0.4, 0.5) is 37.6 Å². The number of hydrogen-bond donors (Lipinski definition) is 4. The Morgan fingerprint density at radius 3 is 2.39 bits per heavy atom. The largest absolute Gasteiger partial charge is 0.478 e. The second-order valence-electron chi connectivity index (χ2n) is 6.18. The van der Waals surface area contributed by atoms with Crippen LogP contribution < -0.4 is 15.4 Å². The molecule has 3 aromatic rings. The number of carboxylic acids is 1. The Balaban J connectivity index is 1.91. The predicted molar refractivity (Wildman–Crippen MR) is 112 cm³/mol. The molecule has 1 heterocycles. The molecule has 0 saturated heterocycles. The van der Waals surface area contributed by atoms with E-state index in [2.05, 4.69) is 25.3 Å². The number of rotatable bonds is 7. The van der Waals surface area contributed by atoms with Crippen LogP contribution in [-0.4, -0.2) is 35.7 Å². The van der Waals surface area contributed by atoms with Crippen molar-refractivity contribution in [1.29, 1.82) is 0 Å². The predicted octanol–water partition coefficient (Wildman–Crippen LogP) is 3.97. The normalized spacial score (nSPS) is 11.1. The third-order valence-corrected chi connectivity index (χ3v) is 4.62. The molecule has 0 aliphatic rings. The molecular formula is C18H14ClF2N5O4S. The third-order valence-electron chi connectivity index (χ3n) is 3.75. The first-order valence-corrected chi connectivity index (χ1v) is 10.7. The van der Waals surface area contributed by atoms with Crippen LogP contribution in [0.3, 0.4) is 0 Å². The number of anilines is 5. The van der Waals surface area contributed by atoms with E-state index in [9.17, 15) is 22.0 Å². The van der Waals surface area contributed by atoms with Crippen molar-refractivity contribution in [3.05, 3.63) is 64.8 Å². The summed E-state index contributed by atoms with van der Waals surface area (Å²) in [5, 5.41) is 14.2. The summed E-state index contributed by atoms with van der Waals surface area (Å²) >= 11 is 6.09. The number of nitrogens with zero attached hydrogens (tertiary/aromatic N) is 2. The van der Waals surface area contributed by atoms with Gasteiger partial charge in [-0.25, -0.2) is 27.0 Å². The fourth-order valence-corrected chi connectivity index (χ4v) is 3.17. The van der Waals surface area contributed by atoms with E-state index >= 15 is 0 Å². The Morgan fingerprint density at radius 2 is 1.74 bits per heavy atom. The lowest BCUT2D eigenvalue weighted by atomic mass is 10.2. The van der Waals surface area contributed by atoms with Gasteiger partial charge in [-0.05, 0) is 18.2 Å². The fraction of sp³-hybridized carbons (Fsp3) is 0.0556. The van der Waals surface area contributed by atoms with Gasteiger partial charge in [0.05, 0.1) is 35.1 Å². The van der Waals surface area contributed by atoms with Crippen molar-refractivity contribution in [1.82, 2.24) is 9.97 Å². The molecule has 0 fully saturated rings. The summed E-state index contributed by atoms with van der Waals surface area (Å²) in [6.07, 6.45) is 2.18. The fourth-order valence-electron chi connectivity index (χ4n) is 2.45. The zero-order valence-corrected chi connectivity index (χ0v) is 17.2. The Labute approximate surface area is 180 Å². The first kappa shape index (κ1) is 22.2. The van der Waals surface area contributed by atoms with E-state index < -0.39 is 38.9 Å². The lowest BCUT2D eigenvalue weighted by Gasteiger charge is -2.14. The van der Waals surface area contributed by atoms with Crippen LogP contribution in [0.5, 0.6) is 0 Å². The van der Waals surface area contributed by atoms with E-state index in [0.29, 0.717) is 17.8 Å². The summed E-state index contributed by atoms with van der Waals surface area (Å²) in [6.45, 7) is 0. The number of carbonyl (C=O) groups is 1. The topological polar surface area (TPSA) is 133 Å². The van der Waals surface area contributed by atoms with Crippen LogP contribution in [0.2, 0.25) is 5.02 Å². The number of benzene rings is 2. The zero-order valence-electron chi connectivity index (χ0n) is 15.6. The molecule has 0 aliphatic carbocycles. The summed E-state index contributed by atoms with van der Waals surface area (Å²) in [5.74, 6) is -3.93. The Kier molecular flexibility index (Phi) is 6.22. The molecule has 0 unspecified atom stereocenters. The van der Waals surface area contributed by atoms with Crippen LogP contribution in [0, 0.1) is 11.6 Å². The van der Waals surface area contributed by atoms with Gasteiger partial charge in [-0.15, -0.1) is 0 Å². The molecule has 4 N–H and O–H groups in total. The molecule has 0 bridgehead atoms. The number of hydrogen-bond acceptors (Lipinski definition) is 7. The minimum Gasteiger partial charge on any atom is -0.478 e. The average molecular weight is 470 g/mol. The maximum absolute atomic E-state index is 14.2. The second-order valence-corrected chi connectivity index (χ2v) is 8.33. The summed E-state index contributed by atoms with van der Waals surface area (Å²) < 4.78 is 53.5. The van der Waals surface area contributed by atoms with Crippen LogP contribution in [0.15, 0.2) is 42.6 Å². The molecule has 0 spiro atoms. The lowest BCUT2D eigenvalue weighted by molar-refractivity contribution is 0.0691. The van der Waals surface area contributed by atoms with Crippen molar-refractivity contribution in [2.45, 2.75) is 0 Å². The van der Waals surface area contributed by atoms with E-state index in [0.717, 1.165) is 6.26 Å². The van der Waals surface area contributed by atoms with Crippen LogP contribution in [-0.2, 0) is 10.0 Å². The summed E-state index contributed by atoms with van der Waals surface area (Å²) in [6, 6.07) is 7.54. The molecule has 3 rings (SSSR count). The summed E-state index contributed by atoms with van der Waals surface area (Å²) in [4.78, 5) is 18.9. The van der Waals surface area contributed by atoms with Crippen LogP contribution in [0.1, 0.15) is 10.4 Å². The van der Waals surface area contributed by atoms with Crippen LogP contribution in [0.25, 0.3) is 0 Å². The molecule has 0 atom stereocenters. The Morgan fingerprint density at radius 1 is 1.06 bits per heavy atom. The molecule has 9 nitrogen and oxygen atoms in total. The monoisotopic (exact) mass is 469 g/mol.